The molecule has 0 atom stereocenters. The van der Waals surface area contributed by atoms with Crippen molar-refractivity contribution in [3.05, 3.63) is 57.8 Å². The highest BCUT2D eigenvalue weighted by Crippen LogP contribution is 2.23. The van der Waals surface area contributed by atoms with Gasteiger partial charge in [-0.15, -0.1) is 0 Å². The maximum atomic E-state index is 10.7. The van der Waals surface area contributed by atoms with Crippen LogP contribution in [-0.4, -0.2) is 9.91 Å². The van der Waals surface area contributed by atoms with Crippen molar-refractivity contribution in [2.75, 3.05) is 0 Å². The highest BCUT2D eigenvalue weighted by atomic mass is 16.6. The number of aromatic nitrogens is 1. The third kappa shape index (κ3) is 2.30. The van der Waals surface area contributed by atoms with Crippen molar-refractivity contribution in [1.82, 2.24) is 4.98 Å². The van der Waals surface area contributed by atoms with E-state index in [0.29, 0.717) is 0 Å². The van der Waals surface area contributed by atoms with Crippen molar-refractivity contribution in [3.8, 4) is 11.3 Å². The quantitative estimate of drug-likeness (QED) is 0.585. The number of non-ortho nitro benzene ring substituents is 1. The first-order chi connectivity index (χ1) is 8.08. The molecule has 0 saturated carbocycles. The van der Waals surface area contributed by atoms with E-state index in [2.05, 4.69) is 4.98 Å². The van der Waals surface area contributed by atoms with Crippen molar-refractivity contribution in [3.63, 3.8) is 0 Å². The number of aryl methyl sites for hydroxylation is 2. The van der Waals surface area contributed by atoms with Crippen molar-refractivity contribution in [2.45, 2.75) is 13.8 Å². The molecule has 0 aliphatic carbocycles. The van der Waals surface area contributed by atoms with Gasteiger partial charge in [0, 0.05) is 23.4 Å². The molecule has 0 radical (unpaired) electrons. The molecule has 0 aliphatic rings. The van der Waals surface area contributed by atoms with E-state index >= 15 is 0 Å². The van der Waals surface area contributed by atoms with Crippen molar-refractivity contribution >= 4 is 5.69 Å². The molecule has 0 N–H and O–H groups in total. The average molecular weight is 228 g/mol. The Bertz CT molecular complexity index is 579. The zero-order valence-corrected chi connectivity index (χ0v) is 9.68. The summed E-state index contributed by atoms with van der Waals surface area (Å²) >= 11 is 0. The third-order valence-electron chi connectivity index (χ3n) is 2.70. The van der Waals surface area contributed by atoms with E-state index in [1.807, 2.05) is 32.0 Å². The van der Waals surface area contributed by atoms with E-state index in [0.717, 1.165) is 22.5 Å². The third-order valence-corrected chi connectivity index (χ3v) is 2.70. The molecule has 0 spiro atoms. The van der Waals surface area contributed by atoms with Gasteiger partial charge in [0.05, 0.1) is 10.6 Å². The summed E-state index contributed by atoms with van der Waals surface area (Å²) in [4.78, 5) is 14.7. The Morgan fingerprint density at radius 3 is 2.59 bits per heavy atom. The van der Waals surface area contributed by atoms with Gasteiger partial charge in [-0.25, -0.2) is 0 Å². The van der Waals surface area contributed by atoms with Crippen molar-refractivity contribution in [2.24, 2.45) is 0 Å². The maximum absolute atomic E-state index is 10.7. The lowest BCUT2D eigenvalue weighted by Crippen LogP contribution is -1.92. The van der Waals surface area contributed by atoms with E-state index in [9.17, 15) is 10.1 Å². The van der Waals surface area contributed by atoms with Crippen LogP contribution < -0.4 is 0 Å². The second-order valence-corrected chi connectivity index (χ2v) is 3.91. The standard InChI is InChI=1S/C13H12N2O2/c1-9-6-7-13(14-10(9)2)11-4-3-5-12(8-11)15(16)17/h3-8H,1-2H3. The van der Waals surface area contributed by atoms with Gasteiger partial charge in [-0.05, 0) is 25.5 Å². The zero-order chi connectivity index (χ0) is 12.4. The normalized spacial score (nSPS) is 10.2. The van der Waals surface area contributed by atoms with Crippen LogP contribution in [0.3, 0.4) is 0 Å². The minimum atomic E-state index is -0.398. The Kier molecular flexibility index (Phi) is 2.87. The molecule has 4 nitrogen and oxygen atoms in total. The van der Waals surface area contributed by atoms with Gasteiger partial charge in [0.15, 0.2) is 0 Å². The van der Waals surface area contributed by atoms with E-state index in [-0.39, 0.29) is 5.69 Å². The summed E-state index contributed by atoms with van der Waals surface area (Å²) in [7, 11) is 0. The second kappa shape index (κ2) is 4.33. The summed E-state index contributed by atoms with van der Waals surface area (Å²) < 4.78 is 0. The molecule has 1 aromatic carbocycles. The predicted octanol–water partition coefficient (Wildman–Crippen LogP) is 3.27. The molecule has 86 valence electrons. The van der Waals surface area contributed by atoms with E-state index < -0.39 is 4.92 Å². The number of benzene rings is 1. The average Bonchev–Trinajstić information content (AvgIpc) is 2.33. The molecule has 0 fully saturated rings. The topological polar surface area (TPSA) is 56.0 Å². The molecule has 0 saturated heterocycles. The van der Waals surface area contributed by atoms with E-state index in [1.165, 1.54) is 12.1 Å². The lowest BCUT2D eigenvalue weighted by atomic mass is 10.1. The van der Waals surface area contributed by atoms with Gasteiger partial charge >= 0.3 is 0 Å². The van der Waals surface area contributed by atoms with Crippen LogP contribution in [0.2, 0.25) is 0 Å². The molecule has 0 aliphatic heterocycles. The maximum Gasteiger partial charge on any atom is 0.270 e. The fraction of sp³-hybridized carbons (Fsp3) is 0.154. The van der Waals surface area contributed by atoms with Crippen LogP contribution in [-0.2, 0) is 0 Å². The number of rotatable bonds is 2. The van der Waals surface area contributed by atoms with E-state index in [1.54, 1.807) is 6.07 Å². The molecule has 0 unspecified atom stereocenters. The lowest BCUT2D eigenvalue weighted by molar-refractivity contribution is -0.384. The van der Waals surface area contributed by atoms with Gasteiger partial charge in [0.2, 0.25) is 0 Å². The molecule has 2 aromatic rings. The first-order valence-electron chi connectivity index (χ1n) is 5.27. The molecule has 0 bridgehead atoms. The Hall–Kier alpha value is -2.23. The summed E-state index contributed by atoms with van der Waals surface area (Å²) in [6.45, 7) is 3.91. The summed E-state index contributed by atoms with van der Waals surface area (Å²) in [5.41, 5.74) is 3.66. The minimum absolute atomic E-state index is 0.0857. The monoisotopic (exact) mass is 228 g/mol. The minimum Gasteiger partial charge on any atom is -0.258 e. The van der Waals surface area contributed by atoms with Gasteiger partial charge < -0.3 is 0 Å². The summed E-state index contributed by atoms with van der Waals surface area (Å²) in [5.74, 6) is 0. The fourth-order valence-corrected chi connectivity index (χ4v) is 1.57. The Morgan fingerprint density at radius 1 is 1.18 bits per heavy atom. The number of nitro groups is 1. The van der Waals surface area contributed by atoms with Crippen molar-refractivity contribution in [1.29, 1.82) is 0 Å². The van der Waals surface area contributed by atoms with Crippen LogP contribution in [0.15, 0.2) is 36.4 Å². The number of nitro benzene ring substituents is 1. The second-order valence-electron chi connectivity index (χ2n) is 3.91. The fourth-order valence-electron chi connectivity index (χ4n) is 1.57. The highest BCUT2D eigenvalue weighted by Gasteiger charge is 2.08. The lowest BCUT2D eigenvalue weighted by Gasteiger charge is -2.04. The van der Waals surface area contributed by atoms with E-state index in [4.69, 9.17) is 0 Å². The molecular formula is C13H12N2O2. The van der Waals surface area contributed by atoms with Crippen LogP contribution >= 0.6 is 0 Å². The molecule has 0 amide bonds. The smallest absolute Gasteiger partial charge is 0.258 e. The van der Waals surface area contributed by atoms with Gasteiger partial charge in [-0.2, -0.15) is 0 Å². The van der Waals surface area contributed by atoms with Crippen LogP contribution in [0.5, 0.6) is 0 Å². The first kappa shape index (κ1) is 11.3. The first-order valence-corrected chi connectivity index (χ1v) is 5.27. The number of hydrogen-bond donors (Lipinski definition) is 0. The van der Waals surface area contributed by atoms with Crippen LogP contribution in [0.1, 0.15) is 11.3 Å². The molecule has 2 rings (SSSR count). The number of nitrogens with zero attached hydrogens (tertiary/aromatic N) is 2. The zero-order valence-electron chi connectivity index (χ0n) is 9.68. The molecule has 17 heavy (non-hydrogen) atoms. The van der Waals surface area contributed by atoms with Gasteiger partial charge in [-0.3, -0.25) is 15.1 Å². The van der Waals surface area contributed by atoms with Crippen LogP contribution in [0.25, 0.3) is 11.3 Å². The molecule has 1 aromatic heterocycles. The summed E-state index contributed by atoms with van der Waals surface area (Å²) in [6, 6.07) is 10.4. The largest absolute Gasteiger partial charge is 0.270 e. The molecule has 1 heterocycles. The van der Waals surface area contributed by atoms with Gasteiger partial charge in [0.25, 0.3) is 5.69 Å². The Morgan fingerprint density at radius 2 is 1.94 bits per heavy atom. The van der Waals surface area contributed by atoms with Crippen LogP contribution in [0, 0.1) is 24.0 Å². The van der Waals surface area contributed by atoms with Gasteiger partial charge in [0.1, 0.15) is 0 Å². The predicted molar refractivity (Wildman–Crippen MR) is 65.8 cm³/mol. The Balaban J connectivity index is 2.49. The Labute approximate surface area is 99.1 Å². The number of hydrogen-bond acceptors (Lipinski definition) is 3. The molecule has 4 heteroatoms. The SMILES string of the molecule is Cc1ccc(-c2cccc([N+](=O)[O-])c2)nc1C. The van der Waals surface area contributed by atoms with Crippen LogP contribution in [0.4, 0.5) is 5.69 Å². The van der Waals surface area contributed by atoms with Crippen molar-refractivity contribution < 1.29 is 4.92 Å². The summed E-state index contributed by atoms with van der Waals surface area (Å²) in [6.07, 6.45) is 0. The number of pyridine rings is 1. The highest BCUT2D eigenvalue weighted by molar-refractivity contribution is 5.62. The molecular weight excluding hydrogens is 216 g/mol. The summed E-state index contributed by atoms with van der Waals surface area (Å²) in [5, 5.41) is 10.7. The van der Waals surface area contributed by atoms with Gasteiger partial charge in [-0.1, -0.05) is 18.2 Å².